The largest absolute Gasteiger partial charge is 0.481 e. The highest BCUT2D eigenvalue weighted by molar-refractivity contribution is 7.11. The number of ether oxygens (including phenoxy) is 1. The van der Waals surface area contributed by atoms with E-state index in [1.54, 1.807) is 20.4 Å². The third-order valence-corrected chi connectivity index (χ3v) is 4.42. The summed E-state index contributed by atoms with van der Waals surface area (Å²) in [7, 11) is 3.39. The smallest absolute Gasteiger partial charge is 0.213 e. The Balaban J connectivity index is 1.84. The second kappa shape index (κ2) is 8.38. The first kappa shape index (κ1) is 16.3. The average Bonchev–Trinajstić information content (AvgIpc) is 3.03. The second-order valence-electron chi connectivity index (χ2n) is 4.71. The van der Waals surface area contributed by atoms with E-state index in [1.165, 1.54) is 9.75 Å². The van der Waals surface area contributed by atoms with E-state index in [1.807, 2.05) is 23.5 Å². The van der Waals surface area contributed by atoms with Gasteiger partial charge in [0, 0.05) is 35.6 Å². The number of guanidine groups is 1. The summed E-state index contributed by atoms with van der Waals surface area (Å²) in [6.07, 6.45) is 2.82. The van der Waals surface area contributed by atoms with Crippen molar-refractivity contribution >= 4 is 17.3 Å². The molecule has 0 aliphatic carbocycles. The monoisotopic (exact) mass is 318 g/mol. The van der Waals surface area contributed by atoms with Crippen molar-refractivity contribution in [3.8, 4) is 5.88 Å². The predicted octanol–water partition coefficient (Wildman–Crippen LogP) is 2.58. The molecule has 0 saturated carbocycles. The number of hydrogen-bond donors (Lipinski definition) is 2. The molecule has 0 atom stereocenters. The van der Waals surface area contributed by atoms with Crippen LogP contribution in [-0.4, -0.2) is 25.1 Å². The van der Waals surface area contributed by atoms with Crippen LogP contribution in [0.25, 0.3) is 0 Å². The van der Waals surface area contributed by atoms with Gasteiger partial charge in [0.1, 0.15) is 0 Å². The second-order valence-corrected chi connectivity index (χ2v) is 5.96. The van der Waals surface area contributed by atoms with Crippen LogP contribution >= 0.6 is 11.3 Å². The molecular formula is C16H22N4OS. The minimum absolute atomic E-state index is 0.618. The zero-order chi connectivity index (χ0) is 15.8. The van der Waals surface area contributed by atoms with Crippen molar-refractivity contribution < 1.29 is 4.74 Å². The van der Waals surface area contributed by atoms with Crippen LogP contribution in [0.15, 0.2) is 35.5 Å². The van der Waals surface area contributed by atoms with Gasteiger partial charge in [-0.3, -0.25) is 4.99 Å². The molecule has 0 aliphatic heterocycles. The Kier molecular flexibility index (Phi) is 6.21. The molecule has 6 heteroatoms. The molecule has 2 heterocycles. The van der Waals surface area contributed by atoms with Crippen molar-refractivity contribution in [3.05, 3.63) is 45.8 Å². The van der Waals surface area contributed by atoms with E-state index in [-0.39, 0.29) is 0 Å². The molecule has 0 unspecified atom stereocenters. The van der Waals surface area contributed by atoms with Crippen LogP contribution in [0.4, 0.5) is 0 Å². The highest BCUT2D eigenvalue weighted by Gasteiger charge is 2.02. The zero-order valence-electron chi connectivity index (χ0n) is 13.2. The van der Waals surface area contributed by atoms with E-state index in [0.29, 0.717) is 12.4 Å². The molecule has 2 rings (SSSR count). The summed E-state index contributed by atoms with van der Waals surface area (Å²) in [5.41, 5.74) is 1.10. The summed E-state index contributed by atoms with van der Waals surface area (Å²) in [5, 5.41) is 6.61. The van der Waals surface area contributed by atoms with Crippen molar-refractivity contribution in [1.82, 2.24) is 15.6 Å². The Hall–Kier alpha value is -2.08. The molecule has 2 aromatic rings. The van der Waals surface area contributed by atoms with Gasteiger partial charge in [-0.25, -0.2) is 4.98 Å². The van der Waals surface area contributed by atoms with Crippen molar-refractivity contribution in [3.63, 3.8) is 0 Å². The van der Waals surface area contributed by atoms with Crippen LogP contribution in [0.3, 0.4) is 0 Å². The molecule has 0 aromatic carbocycles. The standard InChI is InChI=1S/C16H22N4OS/c1-4-13-5-6-14(22-13)11-20-16(17-2)19-10-12-7-8-18-15(9-12)21-3/h5-9H,4,10-11H2,1-3H3,(H2,17,19,20). The number of aromatic nitrogens is 1. The molecule has 0 aliphatic rings. The zero-order valence-corrected chi connectivity index (χ0v) is 14.0. The lowest BCUT2D eigenvalue weighted by Gasteiger charge is -2.11. The van der Waals surface area contributed by atoms with Crippen LogP contribution in [0.2, 0.25) is 0 Å². The molecule has 118 valence electrons. The van der Waals surface area contributed by atoms with E-state index in [9.17, 15) is 0 Å². The van der Waals surface area contributed by atoms with Gasteiger partial charge in [-0.2, -0.15) is 0 Å². The van der Waals surface area contributed by atoms with E-state index in [4.69, 9.17) is 4.74 Å². The summed E-state index contributed by atoms with van der Waals surface area (Å²) in [5.74, 6) is 1.40. The van der Waals surface area contributed by atoms with E-state index < -0.39 is 0 Å². The van der Waals surface area contributed by atoms with Crippen LogP contribution in [-0.2, 0) is 19.5 Å². The Morgan fingerprint density at radius 1 is 1.23 bits per heavy atom. The molecule has 0 bridgehead atoms. The maximum Gasteiger partial charge on any atom is 0.213 e. The number of aryl methyl sites for hydroxylation is 1. The fourth-order valence-electron chi connectivity index (χ4n) is 1.96. The lowest BCUT2D eigenvalue weighted by molar-refractivity contribution is 0.397. The van der Waals surface area contributed by atoms with Crippen LogP contribution < -0.4 is 15.4 Å². The van der Waals surface area contributed by atoms with Crippen LogP contribution in [0, 0.1) is 0 Å². The van der Waals surface area contributed by atoms with Gasteiger partial charge in [-0.05, 0) is 30.2 Å². The predicted molar refractivity (Wildman–Crippen MR) is 91.5 cm³/mol. The molecule has 0 amide bonds. The number of nitrogens with zero attached hydrogens (tertiary/aromatic N) is 2. The van der Waals surface area contributed by atoms with E-state index >= 15 is 0 Å². The van der Waals surface area contributed by atoms with Crippen LogP contribution in [0.1, 0.15) is 22.2 Å². The lowest BCUT2D eigenvalue weighted by Crippen LogP contribution is -2.36. The number of nitrogens with one attached hydrogen (secondary N) is 2. The maximum absolute atomic E-state index is 5.12. The molecule has 0 spiro atoms. The Bertz CT molecular complexity index is 624. The topological polar surface area (TPSA) is 58.5 Å². The van der Waals surface area contributed by atoms with Gasteiger partial charge < -0.3 is 15.4 Å². The molecule has 22 heavy (non-hydrogen) atoms. The van der Waals surface area contributed by atoms with Gasteiger partial charge in [0.2, 0.25) is 5.88 Å². The maximum atomic E-state index is 5.12. The Morgan fingerprint density at radius 3 is 2.68 bits per heavy atom. The van der Waals surface area contributed by atoms with Crippen LogP contribution in [0.5, 0.6) is 5.88 Å². The minimum atomic E-state index is 0.618. The number of hydrogen-bond acceptors (Lipinski definition) is 4. The highest BCUT2D eigenvalue weighted by Crippen LogP contribution is 2.16. The molecule has 0 radical (unpaired) electrons. The summed E-state index contributed by atoms with van der Waals surface area (Å²) >= 11 is 1.83. The lowest BCUT2D eigenvalue weighted by atomic mass is 10.2. The number of rotatable bonds is 6. The summed E-state index contributed by atoms with van der Waals surface area (Å²) in [6, 6.07) is 8.21. The Morgan fingerprint density at radius 2 is 2.00 bits per heavy atom. The summed E-state index contributed by atoms with van der Waals surface area (Å²) in [4.78, 5) is 11.1. The third kappa shape index (κ3) is 4.73. The molecule has 2 aromatic heterocycles. The first-order chi connectivity index (χ1) is 10.7. The van der Waals surface area contributed by atoms with E-state index in [2.05, 4.69) is 39.7 Å². The fourth-order valence-corrected chi connectivity index (χ4v) is 2.85. The average molecular weight is 318 g/mol. The molecule has 5 nitrogen and oxygen atoms in total. The fraction of sp³-hybridized carbons (Fsp3) is 0.375. The molecule has 0 saturated heterocycles. The number of methoxy groups -OCH3 is 1. The van der Waals surface area contributed by atoms with Crippen molar-refractivity contribution in [1.29, 1.82) is 0 Å². The number of pyridine rings is 1. The van der Waals surface area contributed by atoms with Gasteiger partial charge >= 0.3 is 0 Å². The molecular weight excluding hydrogens is 296 g/mol. The quantitative estimate of drug-likeness (QED) is 0.635. The summed E-state index contributed by atoms with van der Waals surface area (Å²) in [6.45, 7) is 3.62. The summed E-state index contributed by atoms with van der Waals surface area (Å²) < 4.78 is 5.12. The number of thiophene rings is 1. The number of aliphatic imine (C=N–C) groups is 1. The highest BCUT2D eigenvalue weighted by atomic mass is 32.1. The SMILES string of the molecule is CCc1ccc(CNC(=NC)NCc2ccnc(OC)c2)s1. The minimum Gasteiger partial charge on any atom is -0.481 e. The van der Waals surface area contributed by atoms with Gasteiger partial charge in [-0.15, -0.1) is 11.3 Å². The first-order valence-corrected chi connectivity index (χ1v) is 8.07. The Labute approximate surface area is 135 Å². The van der Waals surface area contributed by atoms with Crippen molar-refractivity contribution in [2.75, 3.05) is 14.2 Å². The third-order valence-electron chi connectivity index (χ3n) is 3.19. The first-order valence-electron chi connectivity index (χ1n) is 7.26. The van der Waals surface area contributed by atoms with Gasteiger partial charge in [0.05, 0.1) is 13.7 Å². The van der Waals surface area contributed by atoms with Gasteiger partial charge in [0.25, 0.3) is 0 Å². The normalized spacial score (nSPS) is 11.3. The van der Waals surface area contributed by atoms with E-state index in [0.717, 1.165) is 24.5 Å². The van der Waals surface area contributed by atoms with Crippen molar-refractivity contribution in [2.45, 2.75) is 26.4 Å². The van der Waals surface area contributed by atoms with Crippen molar-refractivity contribution in [2.24, 2.45) is 4.99 Å². The van der Waals surface area contributed by atoms with Gasteiger partial charge in [0.15, 0.2) is 5.96 Å². The van der Waals surface area contributed by atoms with Gasteiger partial charge in [-0.1, -0.05) is 6.92 Å². The molecule has 2 N–H and O–H groups in total. The molecule has 0 fully saturated rings.